The van der Waals surface area contributed by atoms with Gasteiger partial charge in [0.2, 0.25) is 5.91 Å². The average Bonchev–Trinajstić information content (AvgIpc) is 2.64. The highest BCUT2D eigenvalue weighted by Gasteiger charge is 2.31. The monoisotopic (exact) mass is 387 g/mol. The van der Waals surface area contributed by atoms with Crippen molar-refractivity contribution >= 4 is 28.9 Å². The van der Waals surface area contributed by atoms with Crippen molar-refractivity contribution in [1.29, 1.82) is 0 Å². The van der Waals surface area contributed by atoms with Crippen molar-refractivity contribution in [2.45, 2.75) is 25.8 Å². The van der Waals surface area contributed by atoms with Crippen molar-refractivity contribution in [2.75, 3.05) is 18.4 Å². The number of nitrogens with zero attached hydrogens (tertiary/aromatic N) is 2. The Morgan fingerprint density at radius 3 is 2.70 bits per heavy atom. The number of carbonyl (C=O) groups is 1. The minimum Gasteiger partial charge on any atom is -0.324 e. The van der Waals surface area contributed by atoms with Gasteiger partial charge in [0, 0.05) is 18.3 Å². The molecule has 142 valence electrons. The summed E-state index contributed by atoms with van der Waals surface area (Å²) in [5.41, 5.74) is 1.05. The maximum Gasteiger partial charge on any atom is 0.289 e. The fraction of sp³-hybridized carbons (Fsp3) is 0.350. The number of piperidine rings is 1. The molecule has 2 aromatic rings. The Morgan fingerprint density at radius 2 is 2.04 bits per heavy atom. The van der Waals surface area contributed by atoms with Crippen LogP contribution < -0.4 is 5.32 Å². The van der Waals surface area contributed by atoms with Gasteiger partial charge < -0.3 is 5.32 Å². The molecule has 1 heterocycles. The first kappa shape index (κ1) is 19.3. The average molecular weight is 388 g/mol. The number of halogens is 1. The predicted molar refractivity (Wildman–Crippen MR) is 106 cm³/mol. The van der Waals surface area contributed by atoms with Crippen LogP contribution in [0.15, 0.2) is 48.5 Å². The van der Waals surface area contributed by atoms with Crippen molar-refractivity contribution in [3.63, 3.8) is 0 Å². The largest absolute Gasteiger partial charge is 0.324 e. The lowest BCUT2D eigenvalue weighted by atomic mass is 9.95. The summed E-state index contributed by atoms with van der Waals surface area (Å²) in [6, 6.07) is 13.5. The van der Waals surface area contributed by atoms with Gasteiger partial charge in [0.05, 0.1) is 4.92 Å². The van der Waals surface area contributed by atoms with Gasteiger partial charge in [-0.2, -0.15) is 0 Å². The van der Waals surface area contributed by atoms with E-state index in [4.69, 9.17) is 11.6 Å². The van der Waals surface area contributed by atoms with E-state index in [1.165, 1.54) is 12.1 Å². The molecule has 6 nitrogen and oxygen atoms in total. The van der Waals surface area contributed by atoms with Gasteiger partial charge in [-0.1, -0.05) is 48.9 Å². The molecule has 0 radical (unpaired) electrons. The lowest BCUT2D eigenvalue weighted by Gasteiger charge is -2.36. The van der Waals surface area contributed by atoms with Gasteiger partial charge in [-0.15, -0.1) is 0 Å². The fourth-order valence-electron chi connectivity index (χ4n) is 3.56. The molecular weight excluding hydrogens is 366 g/mol. The quantitative estimate of drug-likeness (QED) is 0.598. The number of hydrogen-bond donors (Lipinski definition) is 1. The van der Waals surface area contributed by atoms with Crippen molar-refractivity contribution in [1.82, 2.24) is 4.90 Å². The van der Waals surface area contributed by atoms with Crippen LogP contribution in [0.2, 0.25) is 5.02 Å². The molecule has 0 spiro atoms. The van der Waals surface area contributed by atoms with E-state index in [0.717, 1.165) is 31.5 Å². The summed E-state index contributed by atoms with van der Waals surface area (Å²) < 4.78 is 0. The molecule has 0 aliphatic carbocycles. The van der Waals surface area contributed by atoms with Crippen LogP contribution in [0.5, 0.6) is 0 Å². The van der Waals surface area contributed by atoms with Crippen LogP contribution in [-0.2, 0) is 4.79 Å². The maximum absolute atomic E-state index is 13.1. The predicted octanol–water partition coefficient (Wildman–Crippen LogP) is 4.66. The van der Waals surface area contributed by atoms with Gasteiger partial charge in [0.1, 0.15) is 11.1 Å². The van der Waals surface area contributed by atoms with E-state index in [9.17, 15) is 14.9 Å². The Labute approximate surface area is 163 Å². The second-order valence-corrected chi connectivity index (χ2v) is 7.38. The highest BCUT2D eigenvalue weighted by Crippen LogP contribution is 2.30. The molecule has 1 aliphatic heterocycles. The topological polar surface area (TPSA) is 75.5 Å². The van der Waals surface area contributed by atoms with Crippen LogP contribution in [0.1, 0.15) is 31.4 Å². The molecule has 7 heteroatoms. The van der Waals surface area contributed by atoms with Crippen LogP contribution in [0, 0.1) is 16.0 Å². The molecule has 1 N–H and O–H groups in total. The molecule has 2 atom stereocenters. The van der Waals surface area contributed by atoms with Crippen LogP contribution in [0.3, 0.4) is 0 Å². The summed E-state index contributed by atoms with van der Waals surface area (Å²) in [7, 11) is 0. The van der Waals surface area contributed by atoms with E-state index in [2.05, 4.69) is 17.1 Å². The first-order valence-electron chi connectivity index (χ1n) is 8.99. The molecule has 1 saturated heterocycles. The third-order valence-electron chi connectivity index (χ3n) is 4.83. The number of nitrogens with one attached hydrogen (secondary N) is 1. The number of likely N-dealkylation sites (tertiary alicyclic amines) is 1. The summed E-state index contributed by atoms with van der Waals surface area (Å²) in [6.45, 7) is 3.88. The number of carbonyl (C=O) groups excluding carboxylic acids is 1. The summed E-state index contributed by atoms with van der Waals surface area (Å²) >= 11 is 5.86. The first-order valence-corrected chi connectivity index (χ1v) is 9.37. The number of nitro benzene ring substituents is 1. The van der Waals surface area contributed by atoms with Gasteiger partial charge >= 0.3 is 0 Å². The molecule has 0 saturated carbocycles. The number of amides is 1. The van der Waals surface area contributed by atoms with E-state index in [-0.39, 0.29) is 16.6 Å². The molecule has 2 aromatic carbocycles. The van der Waals surface area contributed by atoms with Crippen molar-refractivity contribution < 1.29 is 9.72 Å². The minimum absolute atomic E-state index is 0.0439. The molecule has 3 rings (SSSR count). The van der Waals surface area contributed by atoms with Crippen LogP contribution in [0.4, 0.5) is 11.4 Å². The molecule has 0 bridgehead atoms. The minimum atomic E-state index is -0.557. The van der Waals surface area contributed by atoms with Crippen LogP contribution in [0.25, 0.3) is 0 Å². The first-order chi connectivity index (χ1) is 13.0. The second-order valence-electron chi connectivity index (χ2n) is 6.97. The summed E-state index contributed by atoms with van der Waals surface area (Å²) in [4.78, 5) is 25.9. The summed E-state index contributed by atoms with van der Waals surface area (Å²) in [6.07, 6.45) is 2.20. The maximum atomic E-state index is 13.1. The van der Waals surface area contributed by atoms with Gasteiger partial charge in [-0.05, 0) is 43.0 Å². The van der Waals surface area contributed by atoms with E-state index in [0.29, 0.717) is 11.6 Å². The standard InChI is InChI=1S/C20H22ClN3O3/c1-14-6-5-11-23(13-14)19(15-7-3-2-4-8-15)20(25)22-16-9-10-17(21)18(12-16)24(26)27/h2-4,7-10,12,14,19H,5-6,11,13H2,1H3,(H,22,25). The van der Waals surface area contributed by atoms with Gasteiger partial charge in [0.15, 0.2) is 0 Å². The number of hydrogen-bond acceptors (Lipinski definition) is 4. The molecular formula is C20H22ClN3O3. The summed E-state index contributed by atoms with van der Waals surface area (Å²) in [5.74, 6) is 0.321. The van der Waals surface area contributed by atoms with Crippen LogP contribution >= 0.6 is 11.6 Å². The third kappa shape index (κ3) is 4.64. The van der Waals surface area contributed by atoms with Gasteiger partial charge in [0.25, 0.3) is 5.69 Å². The van der Waals surface area contributed by atoms with Crippen molar-refractivity contribution in [3.05, 3.63) is 69.2 Å². The summed E-state index contributed by atoms with van der Waals surface area (Å²) in [5, 5.41) is 14.0. The SMILES string of the molecule is CC1CCCN(C(C(=O)Nc2ccc(Cl)c([N+](=O)[O-])c2)c2ccccc2)C1. The zero-order valence-electron chi connectivity index (χ0n) is 15.1. The number of nitro groups is 1. The van der Waals surface area contributed by atoms with Crippen molar-refractivity contribution in [3.8, 4) is 0 Å². The fourth-order valence-corrected chi connectivity index (χ4v) is 3.75. The van der Waals surface area contributed by atoms with E-state index >= 15 is 0 Å². The lowest BCUT2D eigenvalue weighted by Crippen LogP contribution is -2.42. The Hall–Kier alpha value is -2.44. The van der Waals surface area contributed by atoms with Crippen LogP contribution in [-0.4, -0.2) is 28.8 Å². The Morgan fingerprint density at radius 1 is 1.30 bits per heavy atom. The van der Waals surface area contributed by atoms with Gasteiger partial charge in [-0.25, -0.2) is 0 Å². The smallest absolute Gasteiger partial charge is 0.289 e. The molecule has 1 aliphatic rings. The Bertz CT molecular complexity index is 828. The van der Waals surface area contributed by atoms with E-state index < -0.39 is 11.0 Å². The number of anilines is 1. The lowest BCUT2D eigenvalue weighted by molar-refractivity contribution is -0.384. The molecule has 2 unspecified atom stereocenters. The zero-order chi connectivity index (χ0) is 19.4. The molecule has 1 fully saturated rings. The number of rotatable bonds is 5. The normalized spacial score (nSPS) is 18.7. The van der Waals surface area contributed by atoms with E-state index in [1.807, 2.05) is 30.3 Å². The Kier molecular flexibility index (Phi) is 6.08. The van der Waals surface area contributed by atoms with Gasteiger partial charge in [-0.3, -0.25) is 19.8 Å². The molecule has 27 heavy (non-hydrogen) atoms. The highest BCUT2D eigenvalue weighted by atomic mass is 35.5. The third-order valence-corrected chi connectivity index (χ3v) is 5.15. The van der Waals surface area contributed by atoms with E-state index in [1.54, 1.807) is 6.07 Å². The molecule has 1 amide bonds. The Balaban J connectivity index is 1.87. The molecule has 0 aromatic heterocycles. The van der Waals surface area contributed by atoms with Crippen molar-refractivity contribution in [2.24, 2.45) is 5.92 Å². The zero-order valence-corrected chi connectivity index (χ0v) is 15.9. The highest BCUT2D eigenvalue weighted by molar-refractivity contribution is 6.32. The number of benzene rings is 2. The second kappa shape index (κ2) is 8.50.